The van der Waals surface area contributed by atoms with Crippen LogP contribution in [0.15, 0.2) is 29.4 Å². The molecule has 1 aromatic rings. The van der Waals surface area contributed by atoms with Gasteiger partial charge in [-0.3, -0.25) is 4.79 Å². The highest BCUT2D eigenvalue weighted by Gasteiger charge is 2.28. The van der Waals surface area contributed by atoms with Crippen molar-refractivity contribution in [2.24, 2.45) is 11.1 Å². The van der Waals surface area contributed by atoms with E-state index < -0.39 is 6.10 Å². The third-order valence-electron chi connectivity index (χ3n) is 3.63. The number of hydrogen-bond acceptors (Lipinski definition) is 4. The molecule has 0 fully saturated rings. The maximum absolute atomic E-state index is 12.1. The van der Waals surface area contributed by atoms with Gasteiger partial charge in [0, 0.05) is 13.0 Å². The van der Waals surface area contributed by atoms with E-state index >= 15 is 0 Å². The Labute approximate surface area is 138 Å². The third kappa shape index (κ3) is 5.27. The van der Waals surface area contributed by atoms with Crippen molar-refractivity contribution < 1.29 is 14.4 Å². The number of carbonyl (C=O) groups excluding carboxylic acids is 1. The van der Waals surface area contributed by atoms with Crippen molar-refractivity contribution in [3.8, 4) is 5.75 Å². The molecule has 2 rings (SSSR count). The molecule has 0 radical (unpaired) electrons. The first-order valence-electron chi connectivity index (χ1n) is 8.21. The Morgan fingerprint density at radius 2 is 2.17 bits per heavy atom. The second-order valence-corrected chi connectivity index (χ2v) is 6.39. The molecule has 1 N–H and O–H groups in total. The van der Waals surface area contributed by atoms with E-state index in [1.54, 1.807) is 0 Å². The molecule has 5 heteroatoms. The molecule has 0 bridgehead atoms. The molecule has 5 nitrogen and oxygen atoms in total. The standard InChI is InChI=1S/C18H26N2O3/c1-12(2)16-11-17(23-20-16)18(21)19-9-8-14-6-5-7-15(10-14)22-13(3)4/h5-7,10,12-13,17H,8-9,11H2,1-4H3,(H,19,21). The second-order valence-electron chi connectivity index (χ2n) is 6.39. The highest BCUT2D eigenvalue weighted by molar-refractivity contribution is 5.93. The molecular weight excluding hydrogens is 292 g/mol. The normalized spacial score (nSPS) is 17.1. The molecule has 1 aliphatic rings. The van der Waals surface area contributed by atoms with Gasteiger partial charge in [-0.25, -0.2) is 0 Å². The lowest BCUT2D eigenvalue weighted by Gasteiger charge is -2.12. The molecule has 1 heterocycles. The van der Waals surface area contributed by atoms with E-state index in [0.717, 1.165) is 23.4 Å². The zero-order valence-corrected chi connectivity index (χ0v) is 14.3. The zero-order chi connectivity index (χ0) is 16.8. The predicted molar refractivity (Wildman–Crippen MR) is 90.7 cm³/mol. The van der Waals surface area contributed by atoms with Crippen LogP contribution in [0, 0.1) is 5.92 Å². The number of amides is 1. The Bertz CT molecular complexity index is 567. The van der Waals surface area contributed by atoms with Crippen LogP contribution in [0.4, 0.5) is 0 Å². The molecule has 0 spiro atoms. The van der Waals surface area contributed by atoms with Crippen LogP contribution in [0.1, 0.15) is 39.7 Å². The van der Waals surface area contributed by atoms with E-state index in [9.17, 15) is 4.79 Å². The summed E-state index contributed by atoms with van der Waals surface area (Å²) in [5.74, 6) is 1.08. The van der Waals surface area contributed by atoms with Crippen LogP contribution in [-0.2, 0) is 16.1 Å². The lowest BCUT2D eigenvalue weighted by Crippen LogP contribution is -2.36. The second kappa shape index (κ2) is 7.99. The van der Waals surface area contributed by atoms with Gasteiger partial charge in [0.05, 0.1) is 11.8 Å². The minimum absolute atomic E-state index is 0.0982. The van der Waals surface area contributed by atoms with Crippen LogP contribution in [0.5, 0.6) is 5.75 Å². The number of nitrogens with zero attached hydrogens (tertiary/aromatic N) is 1. The van der Waals surface area contributed by atoms with Gasteiger partial charge in [-0.15, -0.1) is 0 Å². The fourth-order valence-corrected chi connectivity index (χ4v) is 2.37. The van der Waals surface area contributed by atoms with Gasteiger partial charge in [0.2, 0.25) is 6.10 Å². The monoisotopic (exact) mass is 318 g/mol. The van der Waals surface area contributed by atoms with Crippen LogP contribution < -0.4 is 10.1 Å². The van der Waals surface area contributed by atoms with Crippen molar-refractivity contribution in [3.05, 3.63) is 29.8 Å². The first-order valence-corrected chi connectivity index (χ1v) is 8.21. The highest BCUT2D eigenvalue weighted by atomic mass is 16.6. The fourth-order valence-electron chi connectivity index (χ4n) is 2.37. The van der Waals surface area contributed by atoms with E-state index in [-0.39, 0.29) is 12.0 Å². The Kier molecular flexibility index (Phi) is 6.02. The SMILES string of the molecule is CC(C)Oc1cccc(CCNC(=O)C2CC(C(C)C)=NO2)c1. The molecule has 1 unspecified atom stereocenters. The van der Waals surface area contributed by atoms with Crippen LogP contribution >= 0.6 is 0 Å². The van der Waals surface area contributed by atoms with Crippen molar-refractivity contribution in [2.45, 2.75) is 52.7 Å². The topological polar surface area (TPSA) is 59.9 Å². The molecule has 1 atom stereocenters. The summed E-state index contributed by atoms with van der Waals surface area (Å²) in [5.41, 5.74) is 2.08. The Morgan fingerprint density at radius 3 is 2.83 bits per heavy atom. The minimum atomic E-state index is -0.483. The number of ether oxygens (including phenoxy) is 1. The van der Waals surface area contributed by atoms with Crippen LogP contribution in [-0.4, -0.2) is 30.4 Å². The zero-order valence-electron chi connectivity index (χ0n) is 14.3. The summed E-state index contributed by atoms with van der Waals surface area (Å²) >= 11 is 0. The molecule has 1 aliphatic heterocycles. The molecule has 0 saturated heterocycles. The van der Waals surface area contributed by atoms with Crippen LogP contribution in [0.3, 0.4) is 0 Å². The van der Waals surface area contributed by atoms with Gasteiger partial charge >= 0.3 is 0 Å². The summed E-state index contributed by atoms with van der Waals surface area (Å²) in [4.78, 5) is 17.3. The largest absolute Gasteiger partial charge is 0.491 e. The van der Waals surface area contributed by atoms with E-state index in [4.69, 9.17) is 9.57 Å². The molecule has 1 aromatic carbocycles. The average molecular weight is 318 g/mol. The van der Waals surface area contributed by atoms with Gasteiger partial charge in [0.15, 0.2) is 0 Å². The quantitative estimate of drug-likeness (QED) is 0.841. The number of rotatable bonds is 7. The van der Waals surface area contributed by atoms with Gasteiger partial charge in [-0.05, 0) is 43.9 Å². The summed E-state index contributed by atoms with van der Waals surface area (Å²) in [6, 6.07) is 7.96. The fraction of sp³-hybridized carbons (Fsp3) is 0.556. The summed E-state index contributed by atoms with van der Waals surface area (Å²) in [6.45, 7) is 8.67. The van der Waals surface area contributed by atoms with Crippen LogP contribution in [0.2, 0.25) is 0 Å². The molecule has 23 heavy (non-hydrogen) atoms. The van der Waals surface area contributed by atoms with Gasteiger partial charge in [-0.2, -0.15) is 0 Å². The van der Waals surface area contributed by atoms with Crippen molar-refractivity contribution in [1.82, 2.24) is 5.32 Å². The first-order chi connectivity index (χ1) is 11.0. The van der Waals surface area contributed by atoms with Gasteiger partial charge in [0.1, 0.15) is 5.75 Å². The molecule has 126 valence electrons. The highest BCUT2D eigenvalue weighted by Crippen LogP contribution is 2.17. The number of nitrogens with one attached hydrogen (secondary N) is 1. The number of carbonyl (C=O) groups is 1. The molecule has 1 amide bonds. The Morgan fingerprint density at radius 1 is 1.39 bits per heavy atom. The maximum atomic E-state index is 12.1. The van der Waals surface area contributed by atoms with Gasteiger partial charge in [-0.1, -0.05) is 31.1 Å². The van der Waals surface area contributed by atoms with E-state index in [1.807, 2.05) is 38.1 Å². The lowest BCUT2D eigenvalue weighted by atomic mass is 10.0. The van der Waals surface area contributed by atoms with Crippen molar-refractivity contribution in [3.63, 3.8) is 0 Å². The van der Waals surface area contributed by atoms with E-state index in [2.05, 4.69) is 24.3 Å². The predicted octanol–water partition coefficient (Wildman–Crippen LogP) is 2.93. The van der Waals surface area contributed by atoms with Crippen molar-refractivity contribution >= 4 is 11.6 Å². The maximum Gasteiger partial charge on any atom is 0.264 e. The van der Waals surface area contributed by atoms with Gasteiger partial charge < -0.3 is 14.9 Å². The number of hydrogen-bond donors (Lipinski definition) is 1. The number of benzene rings is 1. The molecule has 0 saturated carbocycles. The molecular formula is C18H26N2O3. The summed E-state index contributed by atoms with van der Waals surface area (Å²) in [6.07, 6.45) is 1.01. The van der Waals surface area contributed by atoms with E-state index in [1.165, 1.54) is 0 Å². The molecule has 0 aromatic heterocycles. The van der Waals surface area contributed by atoms with Crippen molar-refractivity contribution in [2.75, 3.05) is 6.54 Å². The van der Waals surface area contributed by atoms with Crippen molar-refractivity contribution in [1.29, 1.82) is 0 Å². The average Bonchev–Trinajstić information content (AvgIpc) is 2.97. The smallest absolute Gasteiger partial charge is 0.264 e. The Balaban J connectivity index is 1.76. The summed E-state index contributed by atoms with van der Waals surface area (Å²) in [7, 11) is 0. The summed E-state index contributed by atoms with van der Waals surface area (Å²) < 4.78 is 5.68. The molecule has 0 aliphatic carbocycles. The van der Waals surface area contributed by atoms with Crippen LogP contribution in [0.25, 0.3) is 0 Å². The lowest BCUT2D eigenvalue weighted by molar-refractivity contribution is -0.131. The summed E-state index contributed by atoms with van der Waals surface area (Å²) in [5, 5.41) is 6.90. The minimum Gasteiger partial charge on any atom is -0.491 e. The van der Waals surface area contributed by atoms with E-state index in [0.29, 0.717) is 18.9 Å². The first kappa shape index (κ1) is 17.3. The third-order valence-corrected chi connectivity index (χ3v) is 3.63. The number of oxime groups is 1. The Hall–Kier alpha value is -2.04. The van der Waals surface area contributed by atoms with Gasteiger partial charge in [0.25, 0.3) is 5.91 Å².